The molecule has 1 saturated heterocycles. The van der Waals surface area contributed by atoms with E-state index < -0.39 is 0 Å². The summed E-state index contributed by atoms with van der Waals surface area (Å²) in [6.07, 6.45) is 4.40. The van der Waals surface area contributed by atoms with Crippen molar-refractivity contribution in [2.45, 2.75) is 20.3 Å². The van der Waals surface area contributed by atoms with E-state index in [2.05, 4.69) is 24.1 Å². The van der Waals surface area contributed by atoms with E-state index in [9.17, 15) is 4.79 Å². The van der Waals surface area contributed by atoms with Gasteiger partial charge in [-0.15, -0.1) is 0 Å². The van der Waals surface area contributed by atoms with E-state index in [-0.39, 0.29) is 11.4 Å². The van der Waals surface area contributed by atoms with Gasteiger partial charge >= 0.3 is 6.03 Å². The summed E-state index contributed by atoms with van der Waals surface area (Å²) < 4.78 is 0. The van der Waals surface area contributed by atoms with Gasteiger partial charge in [-0.3, -0.25) is 4.98 Å². The Hall–Kier alpha value is -1.58. The van der Waals surface area contributed by atoms with Crippen molar-refractivity contribution in [3.05, 3.63) is 24.5 Å². The monoisotopic (exact) mass is 219 g/mol. The predicted octanol–water partition coefficient (Wildman–Crippen LogP) is 2.35. The Kier molecular flexibility index (Phi) is 2.81. The maximum Gasteiger partial charge on any atom is 0.321 e. The van der Waals surface area contributed by atoms with Gasteiger partial charge in [0.1, 0.15) is 0 Å². The maximum absolute atomic E-state index is 11.9. The molecule has 0 saturated carbocycles. The van der Waals surface area contributed by atoms with Gasteiger partial charge in [-0.1, -0.05) is 13.8 Å². The first-order valence-electron chi connectivity index (χ1n) is 5.53. The summed E-state index contributed by atoms with van der Waals surface area (Å²) >= 11 is 0. The zero-order valence-corrected chi connectivity index (χ0v) is 9.73. The van der Waals surface area contributed by atoms with Crippen molar-refractivity contribution >= 4 is 11.7 Å². The second-order valence-electron chi connectivity index (χ2n) is 5.01. The summed E-state index contributed by atoms with van der Waals surface area (Å²) in [5.41, 5.74) is 0.990. The van der Waals surface area contributed by atoms with Gasteiger partial charge in [0.25, 0.3) is 0 Å². The van der Waals surface area contributed by atoms with E-state index in [4.69, 9.17) is 0 Å². The summed E-state index contributed by atoms with van der Waals surface area (Å²) in [6.45, 7) is 6.02. The van der Waals surface area contributed by atoms with Crippen LogP contribution in [0.2, 0.25) is 0 Å². The van der Waals surface area contributed by atoms with E-state index in [1.807, 2.05) is 17.0 Å². The molecular weight excluding hydrogens is 202 g/mol. The molecule has 0 spiro atoms. The first-order chi connectivity index (χ1) is 7.57. The molecule has 0 aliphatic carbocycles. The molecule has 0 unspecified atom stereocenters. The Balaban J connectivity index is 1.95. The number of urea groups is 1. The lowest BCUT2D eigenvalue weighted by Crippen LogP contribution is -2.34. The molecule has 1 aromatic rings. The van der Waals surface area contributed by atoms with E-state index in [0.29, 0.717) is 0 Å². The molecule has 86 valence electrons. The second-order valence-corrected chi connectivity index (χ2v) is 5.01. The maximum atomic E-state index is 11.9. The fraction of sp³-hybridized carbons (Fsp3) is 0.500. The molecule has 1 aliphatic heterocycles. The molecule has 1 aliphatic rings. The predicted molar refractivity (Wildman–Crippen MR) is 63.2 cm³/mol. The van der Waals surface area contributed by atoms with Crippen LogP contribution in [0, 0.1) is 5.41 Å². The number of carbonyl (C=O) groups excluding carboxylic acids is 1. The minimum absolute atomic E-state index is 0.0291. The molecular formula is C12H17N3O. The van der Waals surface area contributed by atoms with Crippen LogP contribution in [0.4, 0.5) is 10.5 Å². The fourth-order valence-corrected chi connectivity index (χ4v) is 1.92. The molecule has 0 atom stereocenters. The molecule has 4 heteroatoms. The van der Waals surface area contributed by atoms with Gasteiger partial charge in [0.15, 0.2) is 0 Å². The highest BCUT2D eigenvalue weighted by molar-refractivity contribution is 5.89. The van der Waals surface area contributed by atoms with Crippen LogP contribution in [0.25, 0.3) is 0 Å². The normalized spacial score (nSPS) is 18.5. The summed E-state index contributed by atoms with van der Waals surface area (Å²) in [7, 11) is 0. The number of likely N-dealkylation sites (tertiary alicyclic amines) is 1. The molecule has 2 rings (SSSR count). The molecule has 2 amide bonds. The van der Waals surface area contributed by atoms with Crippen molar-refractivity contribution in [1.29, 1.82) is 0 Å². The Bertz CT molecular complexity index is 375. The number of pyridine rings is 1. The van der Waals surface area contributed by atoms with Crippen LogP contribution in [-0.2, 0) is 0 Å². The van der Waals surface area contributed by atoms with Gasteiger partial charge in [0.05, 0.1) is 11.9 Å². The number of anilines is 1. The minimum Gasteiger partial charge on any atom is -0.324 e. The number of hydrogen-bond donors (Lipinski definition) is 1. The smallest absolute Gasteiger partial charge is 0.321 e. The molecule has 0 radical (unpaired) electrons. The fourth-order valence-electron chi connectivity index (χ4n) is 1.92. The van der Waals surface area contributed by atoms with Crippen molar-refractivity contribution in [2.75, 3.05) is 18.4 Å². The van der Waals surface area contributed by atoms with Crippen LogP contribution < -0.4 is 5.32 Å². The Morgan fingerprint density at radius 1 is 1.56 bits per heavy atom. The lowest BCUT2D eigenvalue weighted by atomic mass is 9.93. The van der Waals surface area contributed by atoms with Crippen LogP contribution in [0.1, 0.15) is 20.3 Å². The molecule has 0 bridgehead atoms. The lowest BCUT2D eigenvalue weighted by Gasteiger charge is -2.20. The number of amides is 2. The van der Waals surface area contributed by atoms with E-state index in [1.165, 1.54) is 0 Å². The van der Waals surface area contributed by atoms with Crippen molar-refractivity contribution in [3.8, 4) is 0 Å². The van der Waals surface area contributed by atoms with Crippen LogP contribution in [0.15, 0.2) is 24.5 Å². The van der Waals surface area contributed by atoms with Crippen molar-refractivity contribution < 1.29 is 4.79 Å². The number of aromatic nitrogens is 1. The van der Waals surface area contributed by atoms with Crippen LogP contribution in [0.3, 0.4) is 0 Å². The zero-order chi connectivity index (χ0) is 11.6. The number of rotatable bonds is 1. The number of hydrogen-bond acceptors (Lipinski definition) is 2. The van der Waals surface area contributed by atoms with Crippen LogP contribution in [-0.4, -0.2) is 29.0 Å². The molecule has 4 nitrogen and oxygen atoms in total. The quantitative estimate of drug-likeness (QED) is 0.788. The van der Waals surface area contributed by atoms with Crippen LogP contribution in [0.5, 0.6) is 0 Å². The molecule has 0 aromatic carbocycles. The molecule has 1 fully saturated rings. The van der Waals surface area contributed by atoms with Gasteiger partial charge in [-0.25, -0.2) is 4.79 Å². The summed E-state index contributed by atoms with van der Waals surface area (Å²) in [5, 5.41) is 2.85. The Labute approximate surface area is 95.7 Å². The topological polar surface area (TPSA) is 45.2 Å². The third kappa shape index (κ3) is 2.51. The lowest BCUT2D eigenvalue weighted by molar-refractivity contribution is 0.217. The third-order valence-electron chi connectivity index (χ3n) is 2.88. The first kappa shape index (κ1) is 10.9. The summed E-state index contributed by atoms with van der Waals surface area (Å²) in [5.74, 6) is 0. The second kappa shape index (κ2) is 4.12. The molecule has 16 heavy (non-hydrogen) atoms. The van der Waals surface area contributed by atoms with Gasteiger partial charge in [0, 0.05) is 19.3 Å². The van der Waals surface area contributed by atoms with Crippen LogP contribution >= 0.6 is 0 Å². The number of nitrogens with zero attached hydrogens (tertiary/aromatic N) is 2. The summed E-state index contributed by atoms with van der Waals surface area (Å²) in [4.78, 5) is 17.7. The van der Waals surface area contributed by atoms with Gasteiger partial charge < -0.3 is 10.2 Å². The van der Waals surface area contributed by atoms with Crippen molar-refractivity contribution in [2.24, 2.45) is 5.41 Å². The van der Waals surface area contributed by atoms with Gasteiger partial charge in [-0.2, -0.15) is 0 Å². The molecule has 1 N–H and O–H groups in total. The van der Waals surface area contributed by atoms with Crippen molar-refractivity contribution in [1.82, 2.24) is 9.88 Å². The minimum atomic E-state index is -0.0291. The van der Waals surface area contributed by atoms with E-state index in [0.717, 1.165) is 25.2 Å². The SMILES string of the molecule is CC1(C)CCN(C(=O)Nc2cccnc2)C1. The highest BCUT2D eigenvalue weighted by Crippen LogP contribution is 2.28. The Morgan fingerprint density at radius 2 is 2.38 bits per heavy atom. The third-order valence-corrected chi connectivity index (χ3v) is 2.88. The van der Waals surface area contributed by atoms with Crippen molar-refractivity contribution in [3.63, 3.8) is 0 Å². The average molecular weight is 219 g/mol. The number of nitrogens with one attached hydrogen (secondary N) is 1. The largest absolute Gasteiger partial charge is 0.324 e. The standard InChI is InChI=1S/C12H17N3O/c1-12(2)5-7-15(9-12)11(16)14-10-4-3-6-13-8-10/h3-4,6,8H,5,7,9H2,1-2H3,(H,14,16). The zero-order valence-electron chi connectivity index (χ0n) is 9.73. The van der Waals surface area contributed by atoms with Gasteiger partial charge in [-0.05, 0) is 24.0 Å². The first-order valence-corrected chi connectivity index (χ1v) is 5.53. The number of carbonyl (C=O) groups is 1. The highest BCUT2D eigenvalue weighted by atomic mass is 16.2. The summed E-state index contributed by atoms with van der Waals surface area (Å²) in [6, 6.07) is 3.62. The van der Waals surface area contributed by atoms with E-state index >= 15 is 0 Å². The van der Waals surface area contributed by atoms with E-state index in [1.54, 1.807) is 12.4 Å². The molecule has 1 aromatic heterocycles. The van der Waals surface area contributed by atoms with Gasteiger partial charge in [0.2, 0.25) is 0 Å². The molecule has 2 heterocycles. The average Bonchev–Trinajstić information content (AvgIpc) is 2.60. The highest BCUT2D eigenvalue weighted by Gasteiger charge is 2.31. The Morgan fingerprint density at radius 3 is 2.94 bits per heavy atom.